The van der Waals surface area contributed by atoms with E-state index in [0.717, 1.165) is 11.5 Å². The summed E-state index contributed by atoms with van der Waals surface area (Å²) in [5.41, 5.74) is 1.94. The SMILES string of the molecule is O=c1n(CCSCc2ccccc2)nc2ccccn12. The molecule has 0 aliphatic heterocycles. The van der Waals surface area contributed by atoms with Crippen LogP contribution in [-0.4, -0.2) is 19.9 Å². The molecule has 0 fully saturated rings. The number of nitrogens with zero attached hydrogens (tertiary/aromatic N) is 3. The highest BCUT2D eigenvalue weighted by Gasteiger charge is 2.05. The number of aromatic nitrogens is 3. The van der Waals surface area contributed by atoms with Crippen molar-refractivity contribution in [1.82, 2.24) is 14.2 Å². The van der Waals surface area contributed by atoms with E-state index in [2.05, 4.69) is 17.2 Å². The number of fused-ring (bicyclic) bond motifs is 1. The smallest absolute Gasteiger partial charge is 0.250 e. The largest absolute Gasteiger partial charge is 0.350 e. The molecule has 0 radical (unpaired) electrons. The van der Waals surface area contributed by atoms with Gasteiger partial charge in [-0.15, -0.1) is 5.10 Å². The van der Waals surface area contributed by atoms with Crippen molar-refractivity contribution >= 4 is 17.4 Å². The summed E-state index contributed by atoms with van der Waals surface area (Å²) < 4.78 is 3.11. The molecule has 3 aromatic rings. The lowest BCUT2D eigenvalue weighted by Crippen LogP contribution is -2.22. The number of benzene rings is 1. The second kappa shape index (κ2) is 5.96. The van der Waals surface area contributed by atoms with E-state index in [-0.39, 0.29) is 5.69 Å². The van der Waals surface area contributed by atoms with Crippen molar-refractivity contribution in [2.75, 3.05) is 5.75 Å². The molecule has 0 saturated heterocycles. The van der Waals surface area contributed by atoms with Gasteiger partial charge in [-0.05, 0) is 17.7 Å². The molecule has 0 bridgehead atoms. The van der Waals surface area contributed by atoms with Crippen LogP contribution in [-0.2, 0) is 12.3 Å². The van der Waals surface area contributed by atoms with Crippen LogP contribution in [0.2, 0.25) is 0 Å². The first-order valence-electron chi connectivity index (χ1n) is 6.50. The Morgan fingerprint density at radius 1 is 1.05 bits per heavy atom. The van der Waals surface area contributed by atoms with Gasteiger partial charge in [-0.1, -0.05) is 36.4 Å². The lowest BCUT2D eigenvalue weighted by Gasteiger charge is -2.01. The molecule has 2 aromatic heterocycles. The Morgan fingerprint density at radius 2 is 1.85 bits per heavy atom. The van der Waals surface area contributed by atoms with Gasteiger partial charge < -0.3 is 0 Å². The number of pyridine rings is 1. The van der Waals surface area contributed by atoms with Crippen molar-refractivity contribution in [2.45, 2.75) is 12.3 Å². The molecular weight excluding hydrogens is 270 g/mol. The number of aryl methyl sites for hydroxylation is 1. The minimum Gasteiger partial charge on any atom is -0.250 e. The predicted molar refractivity (Wildman–Crippen MR) is 82.1 cm³/mol. The Labute approximate surface area is 121 Å². The summed E-state index contributed by atoms with van der Waals surface area (Å²) in [6.07, 6.45) is 1.75. The van der Waals surface area contributed by atoms with E-state index >= 15 is 0 Å². The summed E-state index contributed by atoms with van der Waals surface area (Å²) in [4.78, 5) is 12.0. The summed E-state index contributed by atoms with van der Waals surface area (Å²) in [5.74, 6) is 1.83. The lowest BCUT2D eigenvalue weighted by molar-refractivity contribution is 0.639. The summed E-state index contributed by atoms with van der Waals surface area (Å²) in [6, 6.07) is 15.9. The standard InChI is InChI=1S/C15H15N3OS/c19-15-17-9-5-4-8-14(17)16-18(15)10-11-20-12-13-6-2-1-3-7-13/h1-9H,10-12H2. The number of hydrogen-bond acceptors (Lipinski definition) is 3. The molecule has 0 aliphatic rings. The van der Waals surface area contributed by atoms with Crippen LogP contribution < -0.4 is 5.69 Å². The van der Waals surface area contributed by atoms with E-state index in [0.29, 0.717) is 12.2 Å². The first-order chi connectivity index (χ1) is 9.84. The molecule has 1 aromatic carbocycles. The average molecular weight is 285 g/mol. The zero-order chi connectivity index (χ0) is 13.8. The molecule has 0 N–H and O–H groups in total. The Hall–Kier alpha value is -2.01. The molecule has 4 nitrogen and oxygen atoms in total. The number of rotatable bonds is 5. The Kier molecular flexibility index (Phi) is 3.87. The summed E-state index contributed by atoms with van der Waals surface area (Å²) in [6.45, 7) is 0.637. The van der Waals surface area contributed by atoms with E-state index in [4.69, 9.17) is 0 Å². The van der Waals surface area contributed by atoms with E-state index in [9.17, 15) is 4.79 Å². The van der Waals surface area contributed by atoms with Gasteiger partial charge in [0.05, 0.1) is 6.54 Å². The van der Waals surface area contributed by atoms with Crippen LogP contribution in [0.5, 0.6) is 0 Å². The fraction of sp³-hybridized carbons (Fsp3) is 0.200. The van der Waals surface area contributed by atoms with E-state index in [1.54, 1.807) is 10.6 Å². The molecule has 0 saturated carbocycles. The Morgan fingerprint density at radius 3 is 2.65 bits per heavy atom. The number of hydrogen-bond donors (Lipinski definition) is 0. The maximum Gasteiger partial charge on any atom is 0.350 e. The zero-order valence-corrected chi connectivity index (χ0v) is 11.8. The topological polar surface area (TPSA) is 39.3 Å². The van der Waals surface area contributed by atoms with Gasteiger partial charge in [-0.25, -0.2) is 9.48 Å². The molecule has 2 heterocycles. The van der Waals surface area contributed by atoms with Crippen molar-refractivity contribution in [3.8, 4) is 0 Å². The summed E-state index contributed by atoms with van der Waals surface area (Å²) in [5, 5.41) is 4.31. The monoisotopic (exact) mass is 285 g/mol. The van der Waals surface area contributed by atoms with Crippen molar-refractivity contribution in [3.05, 3.63) is 70.8 Å². The lowest BCUT2D eigenvalue weighted by atomic mass is 10.2. The zero-order valence-electron chi connectivity index (χ0n) is 11.0. The first kappa shape index (κ1) is 13.0. The number of thioether (sulfide) groups is 1. The van der Waals surface area contributed by atoms with Gasteiger partial charge >= 0.3 is 5.69 Å². The Bertz CT molecular complexity index is 748. The van der Waals surface area contributed by atoms with Crippen molar-refractivity contribution in [2.24, 2.45) is 0 Å². The summed E-state index contributed by atoms with van der Waals surface area (Å²) >= 11 is 1.81. The van der Waals surface area contributed by atoms with Gasteiger partial charge in [0.15, 0.2) is 5.65 Å². The third-order valence-electron chi connectivity index (χ3n) is 3.05. The van der Waals surface area contributed by atoms with Crippen LogP contribution in [0.15, 0.2) is 59.5 Å². The van der Waals surface area contributed by atoms with Crippen molar-refractivity contribution in [3.63, 3.8) is 0 Å². The minimum absolute atomic E-state index is 0.0686. The van der Waals surface area contributed by atoms with Crippen molar-refractivity contribution < 1.29 is 0 Å². The molecule has 0 spiro atoms. The molecular formula is C15H15N3OS. The third kappa shape index (κ3) is 2.77. The maximum atomic E-state index is 12.0. The van der Waals surface area contributed by atoms with Gasteiger partial charge in [-0.3, -0.25) is 4.40 Å². The minimum atomic E-state index is -0.0686. The fourth-order valence-corrected chi connectivity index (χ4v) is 2.90. The second-order valence-electron chi connectivity index (χ2n) is 4.47. The van der Waals surface area contributed by atoms with Gasteiger partial charge in [0, 0.05) is 17.7 Å². The summed E-state index contributed by atoms with van der Waals surface area (Å²) in [7, 11) is 0. The molecule has 0 atom stereocenters. The van der Waals surface area contributed by atoms with Crippen LogP contribution in [0.25, 0.3) is 5.65 Å². The molecule has 5 heteroatoms. The normalized spacial score (nSPS) is 11.0. The maximum absolute atomic E-state index is 12.0. The van der Waals surface area contributed by atoms with Crippen LogP contribution >= 0.6 is 11.8 Å². The van der Waals surface area contributed by atoms with Crippen molar-refractivity contribution in [1.29, 1.82) is 0 Å². The Balaban J connectivity index is 1.60. The first-order valence-corrected chi connectivity index (χ1v) is 7.66. The van der Waals surface area contributed by atoms with Crippen LogP contribution in [0.1, 0.15) is 5.56 Å². The van der Waals surface area contributed by atoms with E-state index < -0.39 is 0 Å². The highest BCUT2D eigenvalue weighted by atomic mass is 32.2. The quantitative estimate of drug-likeness (QED) is 0.676. The highest BCUT2D eigenvalue weighted by molar-refractivity contribution is 7.98. The molecule has 20 heavy (non-hydrogen) atoms. The molecule has 102 valence electrons. The molecule has 0 aliphatic carbocycles. The molecule has 0 unspecified atom stereocenters. The van der Waals surface area contributed by atoms with E-state index in [1.807, 2.05) is 48.2 Å². The predicted octanol–water partition coefficient (Wildman–Crippen LogP) is 2.43. The van der Waals surface area contributed by atoms with Gasteiger partial charge in [0.25, 0.3) is 0 Å². The van der Waals surface area contributed by atoms with Crippen LogP contribution in [0.3, 0.4) is 0 Å². The fourth-order valence-electron chi connectivity index (χ4n) is 2.03. The van der Waals surface area contributed by atoms with Crippen LogP contribution in [0.4, 0.5) is 0 Å². The van der Waals surface area contributed by atoms with Gasteiger partial charge in [-0.2, -0.15) is 11.8 Å². The molecule has 0 amide bonds. The second-order valence-corrected chi connectivity index (χ2v) is 5.58. The van der Waals surface area contributed by atoms with Crippen LogP contribution in [0, 0.1) is 0 Å². The van der Waals surface area contributed by atoms with Gasteiger partial charge in [0.1, 0.15) is 0 Å². The van der Waals surface area contributed by atoms with E-state index in [1.165, 1.54) is 10.2 Å². The third-order valence-corrected chi connectivity index (χ3v) is 4.06. The highest BCUT2D eigenvalue weighted by Crippen LogP contribution is 2.11. The van der Waals surface area contributed by atoms with Gasteiger partial charge in [0.2, 0.25) is 0 Å². The molecule has 3 rings (SSSR count). The average Bonchev–Trinajstić information content (AvgIpc) is 2.82.